The Morgan fingerprint density at radius 1 is 1.35 bits per heavy atom. The van der Waals surface area contributed by atoms with Gasteiger partial charge in [-0.05, 0) is 31.4 Å². The molecule has 0 radical (unpaired) electrons. The van der Waals surface area contributed by atoms with Crippen LogP contribution < -0.4 is 10.6 Å². The molecule has 1 fully saturated rings. The van der Waals surface area contributed by atoms with E-state index < -0.39 is 0 Å². The summed E-state index contributed by atoms with van der Waals surface area (Å²) in [5, 5.41) is 15.6. The Morgan fingerprint density at radius 3 is 2.92 bits per heavy atom. The van der Waals surface area contributed by atoms with Gasteiger partial charge in [0.15, 0.2) is 0 Å². The zero-order valence-electron chi connectivity index (χ0n) is 14.9. The summed E-state index contributed by atoms with van der Waals surface area (Å²) in [6.07, 6.45) is 2.63. The predicted molar refractivity (Wildman–Crippen MR) is 99.2 cm³/mol. The molecule has 1 aliphatic heterocycles. The quantitative estimate of drug-likeness (QED) is 0.803. The largest absolute Gasteiger partial charge is 0.347 e. The summed E-state index contributed by atoms with van der Waals surface area (Å²) in [6, 6.07) is 5.65. The molecule has 1 saturated heterocycles. The average molecular weight is 374 g/mol. The molecule has 0 bridgehead atoms. The summed E-state index contributed by atoms with van der Waals surface area (Å²) >= 11 is 1.50. The van der Waals surface area contributed by atoms with Crippen molar-refractivity contribution in [2.45, 2.75) is 39.2 Å². The van der Waals surface area contributed by atoms with Crippen molar-refractivity contribution in [3.8, 4) is 0 Å². The Bertz CT molecular complexity index is 793. The number of pyridine rings is 1. The van der Waals surface area contributed by atoms with Crippen molar-refractivity contribution in [1.29, 1.82) is 0 Å². The minimum absolute atomic E-state index is 0.0222. The number of amides is 2. The van der Waals surface area contributed by atoms with Crippen LogP contribution in [0, 0.1) is 0 Å². The smallest absolute Gasteiger partial charge is 0.242 e. The summed E-state index contributed by atoms with van der Waals surface area (Å²) in [4.78, 5) is 29.9. The van der Waals surface area contributed by atoms with E-state index in [1.165, 1.54) is 18.3 Å². The maximum atomic E-state index is 12.4. The summed E-state index contributed by atoms with van der Waals surface area (Å²) in [5.41, 5.74) is 0.837. The molecule has 3 rings (SSSR count). The lowest BCUT2D eigenvalue weighted by atomic mass is 10.1. The van der Waals surface area contributed by atoms with E-state index in [9.17, 15) is 9.59 Å². The van der Waals surface area contributed by atoms with Crippen LogP contribution in [0.3, 0.4) is 0 Å². The molecular weight excluding hydrogens is 352 g/mol. The van der Waals surface area contributed by atoms with Crippen molar-refractivity contribution in [1.82, 2.24) is 25.4 Å². The van der Waals surface area contributed by atoms with E-state index in [0.717, 1.165) is 30.0 Å². The minimum Gasteiger partial charge on any atom is -0.347 e. The fourth-order valence-corrected chi connectivity index (χ4v) is 3.62. The van der Waals surface area contributed by atoms with Gasteiger partial charge in [-0.1, -0.05) is 24.3 Å². The van der Waals surface area contributed by atoms with Crippen LogP contribution in [-0.4, -0.2) is 45.0 Å². The molecule has 0 aliphatic carbocycles. The summed E-state index contributed by atoms with van der Waals surface area (Å²) < 4.78 is 0. The molecule has 138 valence electrons. The molecule has 26 heavy (non-hydrogen) atoms. The highest BCUT2D eigenvalue weighted by atomic mass is 32.1. The highest BCUT2D eigenvalue weighted by Crippen LogP contribution is 2.31. The zero-order valence-corrected chi connectivity index (χ0v) is 15.7. The molecule has 9 heteroatoms. The number of nitrogens with zero attached hydrogens (tertiary/aromatic N) is 4. The Morgan fingerprint density at radius 2 is 2.19 bits per heavy atom. The summed E-state index contributed by atoms with van der Waals surface area (Å²) in [7, 11) is 0. The third-order valence-electron chi connectivity index (χ3n) is 4.18. The van der Waals surface area contributed by atoms with Crippen molar-refractivity contribution in [2.75, 3.05) is 18.4 Å². The number of likely N-dealkylation sites (tertiary alicyclic amines) is 1. The molecule has 0 unspecified atom stereocenters. The van der Waals surface area contributed by atoms with Crippen molar-refractivity contribution >= 4 is 34.1 Å². The van der Waals surface area contributed by atoms with Crippen LogP contribution >= 0.6 is 11.3 Å². The highest BCUT2D eigenvalue weighted by molar-refractivity contribution is 7.15. The van der Waals surface area contributed by atoms with Crippen LogP contribution in [0.2, 0.25) is 0 Å². The minimum atomic E-state index is -0.207. The van der Waals surface area contributed by atoms with E-state index in [1.807, 2.05) is 25.1 Å². The molecule has 0 spiro atoms. The SMILES string of the molecule is CCc1nnc(Nc2cccc([C@@H]3CCCN3C(=O)CNC(C)=O)n2)s1. The second-order valence-electron chi connectivity index (χ2n) is 6.08. The van der Waals surface area contributed by atoms with Gasteiger partial charge in [0, 0.05) is 13.5 Å². The van der Waals surface area contributed by atoms with Gasteiger partial charge < -0.3 is 15.5 Å². The van der Waals surface area contributed by atoms with E-state index in [-0.39, 0.29) is 24.4 Å². The third kappa shape index (κ3) is 4.34. The van der Waals surface area contributed by atoms with Gasteiger partial charge in [-0.2, -0.15) is 0 Å². The Kier molecular flexibility index (Phi) is 5.77. The number of hydrogen-bond donors (Lipinski definition) is 2. The summed E-state index contributed by atoms with van der Waals surface area (Å²) in [5.74, 6) is 0.393. The molecule has 2 N–H and O–H groups in total. The van der Waals surface area contributed by atoms with E-state index in [4.69, 9.17) is 0 Å². The van der Waals surface area contributed by atoms with Crippen LogP contribution in [0.25, 0.3) is 0 Å². The van der Waals surface area contributed by atoms with Crippen LogP contribution in [0.5, 0.6) is 0 Å². The first-order valence-corrected chi connectivity index (χ1v) is 9.48. The van der Waals surface area contributed by atoms with Gasteiger partial charge in [-0.3, -0.25) is 9.59 Å². The van der Waals surface area contributed by atoms with Crippen LogP contribution in [-0.2, 0) is 16.0 Å². The first-order valence-electron chi connectivity index (χ1n) is 8.67. The van der Waals surface area contributed by atoms with E-state index in [0.29, 0.717) is 17.5 Å². The van der Waals surface area contributed by atoms with Gasteiger partial charge in [0.2, 0.25) is 16.9 Å². The lowest BCUT2D eigenvalue weighted by Gasteiger charge is -2.24. The molecule has 3 heterocycles. The molecule has 2 amide bonds. The monoisotopic (exact) mass is 374 g/mol. The van der Waals surface area contributed by atoms with Crippen molar-refractivity contribution in [2.24, 2.45) is 0 Å². The van der Waals surface area contributed by atoms with Crippen LogP contribution in [0.15, 0.2) is 18.2 Å². The Balaban J connectivity index is 1.71. The number of aromatic nitrogens is 3. The Labute approximate surface area is 156 Å². The number of rotatable bonds is 6. The number of nitrogens with one attached hydrogen (secondary N) is 2. The average Bonchev–Trinajstić information content (AvgIpc) is 3.29. The molecule has 2 aromatic rings. The highest BCUT2D eigenvalue weighted by Gasteiger charge is 2.30. The fraction of sp³-hybridized carbons (Fsp3) is 0.471. The van der Waals surface area contributed by atoms with E-state index >= 15 is 0 Å². The van der Waals surface area contributed by atoms with Crippen LogP contribution in [0.4, 0.5) is 10.9 Å². The standard InChI is InChI=1S/C17H22N6O2S/c1-3-15-21-22-17(26-15)20-14-8-4-6-12(19-14)13-7-5-9-23(13)16(25)10-18-11(2)24/h4,6,8,13H,3,5,7,9-10H2,1-2H3,(H,18,24)(H,19,20,22)/t13-/m0/s1. The summed E-state index contributed by atoms with van der Waals surface area (Å²) in [6.45, 7) is 4.14. The van der Waals surface area contributed by atoms with Crippen molar-refractivity contribution in [3.05, 3.63) is 28.9 Å². The van der Waals surface area contributed by atoms with E-state index in [2.05, 4.69) is 25.8 Å². The second-order valence-corrected chi connectivity index (χ2v) is 7.14. The molecular formula is C17H22N6O2S. The second kappa shape index (κ2) is 8.22. The lowest BCUT2D eigenvalue weighted by molar-refractivity contribution is -0.133. The van der Waals surface area contributed by atoms with E-state index in [1.54, 1.807) is 4.90 Å². The van der Waals surface area contributed by atoms with Gasteiger partial charge >= 0.3 is 0 Å². The maximum Gasteiger partial charge on any atom is 0.242 e. The van der Waals surface area contributed by atoms with Gasteiger partial charge in [-0.25, -0.2) is 4.98 Å². The first-order chi connectivity index (χ1) is 12.6. The number of carbonyl (C=O) groups excluding carboxylic acids is 2. The first kappa shape index (κ1) is 18.2. The predicted octanol–water partition coefficient (Wildman–Crippen LogP) is 2.04. The fourth-order valence-electron chi connectivity index (χ4n) is 2.94. The normalized spacial score (nSPS) is 16.5. The van der Waals surface area contributed by atoms with Gasteiger partial charge in [0.1, 0.15) is 10.8 Å². The number of carbonyl (C=O) groups is 2. The zero-order chi connectivity index (χ0) is 18.5. The maximum absolute atomic E-state index is 12.4. The number of aryl methyl sites for hydroxylation is 1. The number of hydrogen-bond acceptors (Lipinski definition) is 7. The molecule has 0 saturated carbocycles. The van der Waals surface area contributed by atoms with Crippen LogP contribution in [0.1, 0.15) is 43.4 Å². The Hall–Kier alpha value is -2.55. The third-order valence-corrected chi connectivity index (χ3v) is 5.16. The molecule has 2 aromatic heterocycles. The lowest BCUT2D eigenvalue weighted by Crippen LogP contribution is -2.39. The molecule has 1 aliphatic rings. The van der Waals surface area contributed by atoms with Gasteiger partial charge in [0.25, 0.3) is 0 Å². The topological polar surface area (TPSA) is 100 Å². The molecule has 0 aromatic carbocycles. The molecule has 8 nitrogen and oxygen atoms in total. The number of anilines is 2. The van der Waals surface area contributed by atoms with Crippen molar-refractivity contribution in [3.63, 3.8) is 0 Å². The van der Waals surface area contributed by atoms with Crippen molar-refractivity contribution < 1.29 is 9.59 Å². The molecule has 1 atom stereocenters. The van der Waals surface area contributed by atoms with Gasteiger partial charge in [0.05, 0.1) is 18.3 Å². The van der Waals surface area contributed by atoms with Gasteiger partial charge in [-0.15, -0.1) is 10.2 Å².